The first kappa shape index (κ1) is 24.2. The lowest BCUT2D eigenvalue weighted by atomic mass is 9.90. The summed E-state index contributed by atoms with van der Waals surface area (Å²) < 4.78 is 10.7. The van der Waals surface area contributed by atoms with Gasteiger partial charge in [0, 0.05) is 55.8 Å². The fourth-order valence-corrected chi connectivity index (χ4v) is 4.39. The van der Waals surface area contributed by atoms with Crippen LogP contribution < -0.4 is 19.7 Å². The number of para-hydroxylation sites is 1. The molecule has 0 aliphatic heterocycles. The van der Waals surface area contributed by atoms with Crippen LogP contribution in [0.15, 0.2) is 72.9 Å². The molecule has 1 atom stereocenters. The standard InChI is InChI=1S/C29H33N3O3/c1-32(2)22-13-11-21(12-14-22)24(25-19-30-26-8-6-5-7-23(25)26)18-31-29(33)16-10-20-9-15-27(34-3)28(17-20)35-4/h5-9,11-15,17,19,24,30H,10,16,18H2,1-4H3,(H,31,33). The molecule has 0 bridgehead atoms. The number of anilines is 1. The van der Waals surface area contributed by atoms with Crippen molar-refractivity contribution in [3.05, 3.63) is 89.6 Å². The van der Waals surface area contributed by atoms with E-state index in [2.05, 4.69) is 57.8 Å². The number of nitrogens with zero attached hydrogens (tertiary/aromatic N) is 1. The Labute approximate surface area is 206 Å². The minimum absolute atomic E-state index is 0.0227. The van der Waals surface area contributed by atoms with Crippen molar-refractivity contribution in [1.82, 2.24) is 10.3 Å². The third kappa shape index (κ3) is 5.60. The van der Waals surface area contributed by atoms with Crippen LogP contribution in [0.3, 0.4) is 0 Å². The minimum atomic E-state index is 0.0227. The van der Waals surface area contributed by atoms with E-state index in [1.165, 1.54) is 16.5 Å². The van der Waals surface area contributed by atoms with E-state index in [0.29, 0.717) is 30.9 Å². The van der Waals surface area contributed by atoms with Gasteiger partial charge in [-0.25, -0.2) is 0 Å². The number of aryl methyl sites for hydroxylation is 1. The molecule has 2 N–H and O–H groups in total. The topological polar surface area (TPSA) is 66.6 Å². The van der Waals surface area contributed by atoms with E-state index >= 15 is 0 Å². The lowest BCUT2D eigenvalue weighted by Gasteiger charge is -2.20. The average molecular weight is 472 g/mol. The van der Waals surface area contributed by atoms with Gasteiger partial charge in [-0.1, -0.05) is 36.4 Å². The van der Waals surface area contributed by atoms with Gasteiger partial charge in [0.25, 0.3) is 0 Å². The van der Waals surface area contributed by atoms with Gasteiger partial charge in [-0.2, -0.15) is 0 Å². The van der Waals surface area contributed by atoms with Gasteiger partial charge in [0.1, 0.15) is 0 Å². The molecule has 0 spiro atoms. The Bertz CT molecular complexity index is 1280. The Balaban J connectivity index is 1.49. The predicted molar refractivity (Wildman–Crippen MR) is 142 cm³/mol. The summed E-state index contributed by atoms with van der Waals surface area (Å²) in [7, 11) is 7.29. The minimum Gasteiger partial charge on any atom is -0.493 e. The van der Waals surface area contributed by atoms with Gasteiger partial charge in [0.2, 0.25) is 5.91 Å². The highest BCUT2D eigenvalue weighted by molar-refractivity contribution is 5.84. The SMILES string of the molecule is COc1ccc(CCC(=O)NCC(c2ccc(N(C)C)cc2)c2c[nH]c3ccccc23)cc1OC. The molecule has 1 amide bonds. The molecule has 1 unspecified atom stereocenters. The van der Waals surface area contributed by atoms with Gasteiger partial charge < -0.3 is 24.7 Å². The second kappa shape index (κ2) is 11.0. The summed E-state index contributed by atoms with van der Waals surface area (Å²) in [4.78, 5) is 18.3. The van der Waals surface area contributed by atoms with Gasteiger partial charge in [-0.05, 0) is 53.4 Å². The van der Waals surface area contributed by atoms with Crippen molar-refractivity contribution in [2.45, 2.75) is 18.8 Å². The molecule has 4 aromatic rings. The molecular weight excluding hydrogens is 438 g/mol. The van der Waals surface area contributed by atoms with E-state index in [-0.39, 0.29) is 11.8 Å². The maximum atomic E-state index is 12.8. The molecular formula is C29H33N3O3. The van der Waals surface area contributed by atoms with Crippen molar-refractivity contribution in [2.75, 3.05) is 39.8 Å². The molecule has 182 valence electrons. The zero-order valence-corrected chi connectivity index (χ0v) is 20.8. The number of methoxy groups -OCH3 is 2. The highest BCUT2D eigenvalue weighted by Gasteiger charge is 2.19. The molecule has 0 saturated heterocycles. The highest BCUT2D eigenvalue weighted by atomic mass is 16.5. The number of aromatic nitrogens is 1. The van der Waals surface area contributed by atoms with Crippen molar-refractivity contribution < 1.29 is 14.3 Å². The number of amides is 1. The number of aromatic amines is 1. The second-order valence-electron chi connectivity index (χ2n) is 8.82. The number of nitrogens with one attached hydrogen (secondary N) is 2. The van der Waals surface area contributed by atoms with E-state index in [1.54, 1.807) is 14.2 Å². The van der Waals surface area contributed by atoms with Crippen molar-refractivity contribution in [1.29, 1.82) is 0 Å². The van der Waals surface area contributed by atoms with Crippen molar-refractivity contribution in [3.8, 4) is 11.5 Å². The number of carbonyl (C=O) groups excluding carboxylic acids is 1. The zero-order chi connectivity index (χ0) is 24.8. The fraction of sp³-hybridized carbons (Fsp3) is 0.276. The van der Waals surface area contributed by atoms with Crippen LogP contribution >= 0.6 is 0 Å². The van der Waals surface area contributed by atoms with E-state index in [4.69, 9.17) is 9.47 Å². The van der Waals surface area contributed by atoms with Gasteiger partial charge in [0.05, 0.1) is 14.2 Å². The van der Waals surface area contributed by atoms with Crippen LogP contribution in [0.25, 0.3) is 10.9 Å². The van der Waals surface area contributed by atoms with Crippen LogP contribution in [-0.4, -0.2) is 45.8 Å². The Morgan fingerprint density at radius 2 is 1.71 bits per heavy atom. The number of benzene rings is 3. The number of hydrogen-bond acceptors (Lipinski definition) is 4. The molecule has 0 saturated carbocycles. The molecule has 4 rings (SSSR count). The first-order chi connectivity index (χ1) is 17.0. The first-order valence-electron chi connectivity index (χ1n) is 11.8. The molecule has 1 aromatic heterocycles. The number of carbonyl (C=O) groups is 1. The van der Waals surface area contributed by atoms with Gasteiger partial charge in [-0.15, -0.1) is 0 Å². The number of H-pyrrole nitrogens is 1. The van der Waals surface area contributed by atoms with E-state index in [9.17, 15) is 4.79 Å². The van der Waals surface area contributed by atoms with Crippen molar-refractivity contribution >= 4 is 22.5 Å². The Kier molecular flexibility index (Phi) is 7.60. The lowest BCUT2D eigenvalue weighted by molar-refractivity contribution is -0.121. The Morgan fingerprint density at radius 1 is 0.971 bits per heavy atom. The number of hydrogen-bond donors (Lipinski definition) is 2. The molecule has 0 aliphatic rings. The fourth-order valence-electron chi connectivity index (χ4n) is 4.39. The second-order valence-corrected chi connectivity index (χ2v) is 8.82. The maximum absolute atomic E-state index is 12.8. The van der Waals surface area contributed by atoms with E-state index in [1.807, 2.05) is 44.4 Å². The van der Waals surface area contributed by atoms with Crippen LogP contribution in [0.1, 0.15) is 29.0 Å². The summed E-state index contributed by atoms with van der Waals surface area (Å²) in [5.74, 6) is 1.41. The predicted octanol–water partition coefficient (Wildman–Crippen LogP) is 5.13. The molecule has 0 aliphatic carbocycles. The van der Waals surface area contributed by atoms with Crippen LogP contribution in [0, 0.1) is 0 Å². The third-order valence-corrected chi connectivity index (χ3v) is 6.40. The van der Waals surface area contributed by atoms with Crippen LogP contribution in [0.4, 0.5) is 5.69 Å². The zero-order valence-electron chi connectivity index (χ0n) is 20.8. The van der Waals surface area contributed by atoms with Crippen LogP contribution in [-0.2, 0) is 11.2 Å². The highest BCUT2D eigenvalue weighted by Crippen LogP contribution is 2.32. The van der Waals surface area contributed by atoms with Crippen molar-refractivity contribution in [3.63, 3.8) is 0 Å². The Morgan fingerprint density at radius 3 is 2.43 bits per heavy atom. The van der Waals surface area contributed by atoms with Gasteiger partial charge in [0.15, 0.2) is 11.5 Å². The van der Waals surface area contributed by atoms with Crippen LogP contribution in [0.5, 0.6) is 11.5 Å². The lowest BCUT2D eigenvalue weighted by Crippen LogP contribution is -2.29. The molecule has 3 aromatic carbocycles. The summed E-state index contributed by atoms with van der Waals surface area (Å²) in [5.41, 5.74) is 5.62. The summed E-state index contributed by atoms with van der Waals surface area (Å²) >= 11 is 0. The molecule has 0 radical (unpaired) electrons. The molecule has 6 heteroatoms. The third-order valence-electron chi connectivity index (χ3n) is 6.40. The molecule has 6 nitrogen and oxygen atoms in total. The van der Waals surface area contributed by atoms with E-state index < -0.39 is 0 Å². The normalized spacial score (nSPS) is 11.8. The molecule has 35 heavy (non-hydrogen) atoms. The number of rotatable bonds is 10. The quantitative estimate of drug-likeness (QED) is 0.336. The van der Waals surface area contributed by atoms with E-state index in [0.717, 1.165) is 16.8 Å². The van der Waals surface area contributed by atoms with Crippen molar-refractivity contribution in [2.24, 2.45) is 0 Å². The first-order valence-corrected chi connectivity index (χ1v) is 11.8. The summed E-state index contributed by atoms with van der Waals surface area (Å²) in [5, 5.41) is 4.35. The molecule has 0 fully saturated rings. The number of fused-ring (bicyclic) bond motifs is 1. The summed E-state index contributed by atoms with van der Waals surface area (Å²) in [6.07, 6.45) is 3.09. The summed E-state index contributed by atoms with van der Waals surface area (Å²) in [6, 6.07) is 22.6. The monoisotopic (exact) mass is 471 g/mol. The average Bonchev–Trinajstić information content (AvgIpc) is 3.31. The number of ether oxygens (including phenoxy) is 2. The van der Waals surface area contributed by atoms with Crippen LogP contribution in [0.2, 0.25) is 0 Å². The van der Waals surface area contributed by atoms with Gasteiger partial charge >= 0.3 is 0 Å². The van der Waals surface area contributed by atoms with Gasteiger partial charge in [-0.3, -0.25) is 4.79 Å². The molecule has 1 heterocycles. The maximum Gasteiger partial charge on any atom is 0.220 e. The Hall–Kier alpha value is -3.93. The smallest absolute Gasteiger partial charge is 0.220 e. The summed E-state index contributed by atoms with van der Waals surface area (Å²) in [6.45, 7) is 0.522. The largest absolute Gasteiger partial charge is 0.493 e.